The van der Waals surface area contributed by atoms with Crippen LogP contribution in [0.5, 0.6) is 11.5 Å². The lowest BCUT2D eigenvalue weighted by Gasteiger charge is -2.07. The first-order valence-corrected chi connectivity index (χ1v) is 6.05. The molecule has 0 aromatic heterocycles. The molecule has 0 spiro atoms. The fourth-order valence-electron chi connectivity index (χ4n) is 1.76. The summed E-state index contributed by atoms with van der Waals surface area (Å²) < 4.78 is 0. The number of nitro groups is 2. The Kier molecular flexibility index (Phi) is 4.07. The first kappa shape index (κ1) is 15.7. The Balaban J connectivity index is 2.40. The largest absolute Gasteiger partial charge is 0.508 e. The van der Waals surface area contributed by atoms with Gasteiger partial charge in [-0.05, 0) is 12.1 Å². The number of hydrogen-bond donors (Lipinski definition) is 3. The normalized spacial score (nSPS) is 10.1. The van der Waals surface area contributed by atoms with Crippen molar-refractivity contribution < 1.29 is 24.9 Å². The van der Waals surface area contributed by atoms with Crippen LogP contribution in [-0.2, 0) is 0 Å². The second kappa shape index (κ2) is 5.97. The molecule has 0 aliphatic heterocycles. The molecule has 0 unspecified atom stereocenters. The van der Waals surface area contributed by atoms with Gasteiger partial charge in [0.15, 0.2) is 0 Å². The van der Waals surface area contributed by atoms with E-state index in [4.69, 9.17) is 0 Å². The van der Waals surface area contributed by atoms with Gasteiger partial charge in [-0.25, -0.2) is 0 Å². The average molecular weight is 319 g/mol. The van der Waals surface area contributed by atoms with E-state index in [1.807, 2.05) is 0 Å². The van der Waals surface area contributed by atoms with E-state index in [-0.39, 0.29) is 22.7 Å². The molecular weight excluding hydrogens is 310 g/mol. The molecule has 0 aliphatic rings. The second-order valence-electron chi connectivity index (χ2n) is 4.41. The Morgan fingerprint density at radius 1 is 0.957 bits per heavy atom. The number of non-ortho nitro benzene ring substituents is 2. The summed E-state index contributed by atoms with van der Waals surface area (Å²) in [6, 6.07) is 5.82. The number of anilines is 1. The Bertz CT molecular complexity index is 787. The number of nitrogens with one attached hydrogen (secondary N) is 1. The van der Waals surface area contributed by atoms with E-state index in [1.54, 1.807) is 0 Å². The molecule has 0 saturated carbocycles. The first-order valence-electron chi connectivity index (χ1n) is 6.05. The molecule has 0 saturated heterocycles. The van der Waals surface area contributed by atoms with Gasteiger partial charge in [-0.2, -0.15) is 0 Å². The van der Waals surface area contributed by atoms with Crippen molar-refractivity contribution in [2.24, 2.45) is 0 Å². The summed E-state index contributed by atoms with van der Waals surface area (Å²) >= 11 is 0. The summed E-state index contributed by atoms with van der Waals surface area (Å²) in [7, 11) is 0. The summed E-state index contributed by atoms with van der Waals surface area (Å²) in [5.41, 5.74) is -1.73. The van der Waals surface area contributed by atoms with E-state index in [9.17, 15) is 35.2 Å². The fourth-order valence-corrected chi connectivity index (χ4v) is 1.76. The quantitative estimate of drug-likeness (QED) is 0.337. The van der Waals surface area contributed by atoms with Crippen LogP contribution in [0.2, 0.25) is 0 Å². The molecule has 23 heavy (non-hydrogen) atoms. The first-order chi connectivity index (χ1) is 10.8. The summed E-state index contributed by atoms with van der Waals surface area (Å²) in [4.78, 5) is 31.9. The second-order valence-corrected chi connectivity index (χ2v) is 4.41. The van der Waals surface area contributed by atoms with Crippen LogP contribution in [0.25, 0.3) is 0 Å². The molecule has 0 aliphatic carbocycles. The van der Waals surface area contributed by atoms with E-state index in [0.29, 0.717) is 0 Å². The molecular formula is C13H9N3O7. The summed E-state index contributed by atoms with van der Waals surface area (Å²) in [5.74, 6) is -1.50. The number of nitrogens with zero attached hydrogens (tertiary/aromatic N) is 2. The summed E-state index contributed by atoms with van der Waals surface area (Å²) in [5, 5.41) is 42.7. The lowest BCUT2D eigenvalue weighted by atomic mass is 10.1. The highest BCUT2D eigenvalue weighted by atomic mass is 16.6. The number of hydrogen-bond acceptors (Lipinski definition) is 7. The maximum atomic E-state index is 12.1. The van der Waals surface area contributed by atoms with Crippen molar-refractivity contribution in [3.63, 3.8) is 0 Å². The SMILES string of the molecule is O=C(Nc1cc(O)ccc1O)c1cc([N+](=O)[O-])cc([N+](=O)[O-])c1. The number of nitro benzene ring substituents is 2. The van der Waals surface area contributed by atoms with E-state index < -0.39 is 27.1 Å². The third-order valence-corrected chi connectivity index (χ3v) is 2.81. The Morgan fingerprint density at radius 2 is 1.52 bits per heavy atom. The van der Waals surface area contributed by atoms with Crippen LogP contribution in [-0.4, -0.2) is 26.0 Å². The van der Waals surface area contributed by atoms with E-state index >= 15 is 0 Å². The van der Waals surface area contributed by atoms with Gasteiger partial charge in [-0.15, -0.1) is 0 Å². The van der Waals surface area contributed by atoms with Gasteiger partial charge >= 0.3 is 0 Å². The molecule has 2 aromatic carbocycles. The molecule has 3 N–H and O–H groups in total. The van der Waals surface area contributed by atoms with Gasteiger partial charge in [-0.3, -0.25) is 25.0 Å². The minimum Gasteiger partial charge on any atom is -0.508 e. The summed E-state index contributed by atoms with van der Waals surface area (Å²) in [6.45, 7) is 0. The zero-order valence-electron chi connectivity index (χ0n) is 11.3. The minimum absolute atomic E-state index is 0.149. The van der Waals surface area contributed by atoms with Crippen molar-refractivity contribution >= 4 is 23.0 Å². The van der Waals surface area contributed by atoms with Gasteiger partial charge < -0.3 is 15.5 Å². The topological polar surface area (TPSA) is 156 Å². The highest BCUT2D eigenvalue weighted by Gasteiger charge is 2.20. The van der Waals surface area contributed by atoms with Gasteiger partial charge in [0.25, 0.3) is 17.3 Å². The molecule has 0 heterocycles. The molecule has 10 heteroatoms. The minimum atomic E-state index is -0.919. The van der Waals surface area contributed by atoms with Gasteiger partial charge in [0.1, 0.15) is 11.5 Å². The van der Waals surface area contributed by atoms with Crippen molar-refractivity contribution in [3.8, 4) is 11.5 Å². The van der Waals surface area contributed by atoms with Gasteiger partial charge in [0, 0.05) is 18.2 Å². The predicted octanol–water partition coefficient (Wildman–Crippen LogP) is 2.17. The summed E-state index contributed by atoms with van der Waals surface area (Å²) in [6.07, 6.45) is 0. The maximum absolute atomic E-state index is 12.1. The van der Waals surface area contributed by atoms with Gasteiger partial charge in [0.05, 0.1) is 27.2 Å². The number of amides is 1. The van der Waals surface area contributed by atoms with Crippen molar-refractivity contribution in [1.82, 2.24) is 0 Å². The Morgan fingerprint density at radius 3 is 2.04 bits per heavy atom. The molecule has 0 fully saturated rings. The predicted molar refractivity (Wildman–Crippen MR) is 77.5 cm³/mol. The highest BCUT2D eigenvalue weighted by molar-refractivity contribution is 6.05. The molecule has 118 valence electrons. The lowest BCUT2D eigenvalue weighted by Crippen LogP contribution is -2.12. The maximum Gasteiger partial charge on any atom is 0.277 e. The van der Waals surface area contributed by atoms with E-state index in [2.05, 4.69) is 5.32 Å². The van der Waals surface area contributed by atoms with Crippen LogP contribution < -0.4 is 5.32 Å². The zero-order chi connectivity index (χ0) is 17.1. The fraction of sp³-hybridized carbons (Fsp3) is 0. The molecule has 0 bridgehead atoms. The molecule has 2 rings (SSSR count). The number of phenolic OH excluding ortho intramolecular Hbond substituents is 2. The molecule has 0 atom stereocenters. The monoisotopic (exact) mass is 319 g/mol. The molecule has 1 amide bonds. The highest BCUT2D eigenvalue weighted by Crippen LogP contribution is 2.29. The average Bonchev–Trinajstić information content (AvgIpc) is 2.50. The Labute approximate surface area is 127 Å². The smallest absolute Gasteiger partial charge is 0.277 e. The van der Waals surface area contributed by atoms with Crippen LogP contribution in [0, 0.1) is 20.2 Å². The standard InChI is InChI=1S/C13H9N3O7/c17-10-1-2-12(18)11(6-10)14-13(19)7-3-8(15(20)21)5-9(4-7)16(22)23/h1-6,17-18H,(H,14,19). The van der Waals surface area contributed by atoms with Crippen LogP contribution in [0.4, 0.5) is 17.1 Å². The number of phenols is 2. The Hall–Kier alpha value is -3.69. The number of carbonyl (C=O) groups is 1. The van der Waals surface area contributed by atoms with Gasteiger partial charge in [0.2, 0.25) is 0 Å². The van der Waals surface area contributed by atoms with Crippen LogP contribution in [0.3, 0.4) is 0 Å². The third kappa shape index (κ3) is 3.50. The van der Waals surface area contributed by atoms with Crippen molar-refractivity contribution in [2.45, 2.75) is 0 Å². The zero-order valence-corrected chi connectivity index (χ0v) is 11.3. The van der Waals surface area contributed by atoms with Crippen molar-refractivity contribution in [2.75, 3.05) is 5.32 Å². The van der Waals surface area contributed by atoms with Crippen molar-refractivity contribution in [3.05, 3.63) is 62.2 Å². The van der Waals surface area contributed by atoms with Crippen LogP contribution in [0.1, 0.15) is 10.4 Å². The van der Waals surface area contributed by atoms with Gasteiger partial charge in [-0.1, -0.05) is 0 Å². The molecule has 10 nitrogen and oxygen atoms in total. The number of carbonyl (C=O) groups excluding carboxylic acids is 1. The van der Waals surface area contributed by atoms with E-state index in [1.165, 1.54) is 6.07 Å². The molecule has 0 radical (unpaired) electrons. The van der Waals surface area contributed by atoms with Crippen molar-refractivity contribution in [1.29, 1.82) is 0 Å². The third-order valence-electron chi connectivity index (χ3n) is 2.81. The van der Waals surface area contributed by atoms with E-state index in [0.717, 1.165) is 30.3 Å². The number of rotatable bonds is 4. The molecule has 2 aromatic rings. The van der Waals surface area contributed by atoms with Crippen LogP contribution in [0.15, 0.2) is 36.4 Å². The van der Waals surface area contributed by atoms with Crippen LogP contribution >= 0.6 is 0 Å². The lowest BCUT2D eigenvalue weighted by molar-refractivity contribution is -0.394. The number of benzene rings is 2. The number of aromatic hydroxyl groups is 2.